The molecular weight excluding hydrogens is 209 g/mol. The van der Waals surface area contributed by atoms with Crippen molar-refractivity contribution in [2.24, 2.45) is 5.41 Å². The largest absolute Gasteiger partial charge is 0.507 e. The predicted molar refractivity (Wildman–Crippen MR) is 59.9 cm³/mol. The lowest BCUT2D eigenvalue weighted by Crippen LogP contribution is -2.32. The minimum absolute atomic E-state index is 0.0868. The third-order valence-corrected chi connectivity index (χ3v) is 2.00. The number of phenols is 1. The fourth-order valence-electron chi connectivity index (χ4n) is 1.17. The van der Waals surface area contributed by atoms with Gasteiger partial charge in [-0.15, -0.1) is 0 Å². The van der Waals surface area contributed by atoms with Crippen LogP contribution < -0.4 is 5.32 Å². The normalized spacial score (nSPS) is 11.2. The summed E-state index contributed by atoms with van der Waals surface area (Å²) in [5, 5.41) is 12.0. The van der Waals surface area contributed by atoms with Crippen LogP contribution in [0.15, 0.2) is 18.2 Å². The third kappa shape index (κ3) is 3.22. The second-order valence-corrected chi connectivity index (χ2v) is 4.88. The van der Waals surface area contributed by atoms with Crippen molar-refractivity contribution >= 4 is 5.91 Å². The van der Waals surface area contributed by atoms with E-state index in [4.69, 9.17) is 0 Å². The van der Waals surface area contributed by atoms with Crippen molar-refractivity contribution in [1.29, 1.82) is 0 Å². The second kappa shape index (κ2) is 4.51. The number of carbonyl (C=O) groups is 1. The molecule has 0 heterocycles. The number of hydrogen-bond donors (Lipinski definition) is 2. The van der Waals surface area contributed by atoms with E-state index >= 15 is 0 Å². The molecule has 0 bridgehead atoms. The minimum Gasteiger partial charge on any atom is -0.507 e. The van der Waals surface area contributed by atoms with Crippen LogP contribution in [0.25, 0.3) is 0 Å². The lowest BCUT2D eigenvalue weighted by atomic mass is 9.97. The van der Waals surface area contributed by atoms with Crippen LogP contribution in [0.4, 0.5) is 4.39 Å². The van der Waals surface area contributed by atoms with E-state index in [-0.39, 0.29) is 16.7 Å². The van der Waals surface area contributed by atoms with Crippen molar-refractivity contribution in [2.75, 3.05) is 6.54 Å². The topological polar surface area (TPSA) is 49.3 Å². The number of halogens is 1. The number of benzene rings is 1. The number of amides is 1. The van der Waals surface area contributed by atoms with Crippen molar-refractivity contribution in [2.45, 2.75) is 20.8 Å². The number of rotatable bonds is 2. The molecule has 88 valence electrons. The first kappa shape index (κ1) is 12.5. The summed E-state index contributed by atoms with van der Waals surface area (Å²) in [7, 11) is 0. The number of phenolic OH excluding ortho intramolecular Hbond substituents is 1. The highest BCUT2D eigenvalue weighted by atomic mass is 19.1. The number of aromatic hydroxyl groups is 1. The summed E-state index contributed by atoms with van der Waals surface area (Å²) in [6, 6.07) is 3.78. The number of nitrogens with one attached hydrogen (secondary N) is 1. The first-order valence-electron chi connectivity index (χ1n) is 5.07. The Morgan fingerprint density at radius 3 is 2.56 bits per heavy atom. The summed E-state index contributed by atoms with van der Waals surface area (Å²) in [6.07, 6.45) is 0. The highest BCUT2D eigenvalue weighted by Gasteiger charge is 2.18. The molecule has 1 aromatic carbocycles. The van der Waals surface area contributed by atoms with E-state index in [0.29, 0.717) is 6.54 Å². The molecule has 0 aromatic heterocycles. The van der Waals surface area contributed by atoms with Gasteiger partial charge < -0.3 is 10.4 Å². The maximum Gasteiger partial charge on any atom is 0.258 e. The number of hydrogen-bond acceptors (Lipinski definition) is 2. The van der Waals surface area contributed by atoms with E-state index in [2.05, 4.69) is 5.32 Å². The average molecular weight is 225 g/mol. The Labute approximate surface area is 94.3 Å². The lowest BCUT2D eigenvalue weighted by molar-refractivity contribution is 0.0932. The molecule has 2 N–H and O–H groups in total. The van der Waals surface area contributed by atoms with Gasteiger partial charge in [0.15, 0.2) is 0 Å². The van der Waals surface area contributed by atoms with Crippen molar-refractivity contribution in [3.63, 3.8) is 0 Å². The summed E-state index contributed by atoms with van der Waals surface area (Å²) in [5.74, 6) is -1.65. The standard InChI is InChI=1S/C12H16FNO2/c1-12(2,3)7-14-11(16)10-8(13)5-4-6-9(10)15/h4-6,15H,7H2,1-3H3,(H,14,16). The van der Waals surface area contributed by atoms with E-state index in [1.807, 2.05) is 20.8 Å². The summed E-state index contributed by atoms with van der Waals surface area (Å²) in [6.45, 7) is 6.27. The van der Waals surface area contributed by atoms with Crippen LogP contribution in [0.3, 0.4) is 0 Å². The van der Waals surface area contributed by atoms with Gasteiger partial charge in [-0.3, -0.25) is 4.79 Å². The van der Waals surface area contributed by atoms with Crippen molar-refractivity contribution in [3.05, 3.63) is 29.6 Å². The van der Waals surface area contributed by atoms with E-state index in [9.17, 15) is 14.3 Å². The molecule has 0 spiro atoms. The van der Waals surface area contributed by atoms with E-state index in [0.717, 1.165) is 6.07 Å². The molecule has 0 atom stereocenters. The molecule has 3 nitrogen and oxygen atoms in total. The average Bonchev–Trinajstić information content (AvgIpc) is 2.13. The molecule has 1 aromatic rings. The Morgan fingerprint density at radius 1 is 1.44 bits per heavy atom. The second-order valence-electron chi connectivity index (χ2n) is 4.88. The molecule has 1 amide bonds. The molecule has 0 unspecified atom stereocenters. The SMILES string of the molecule is CC(C)(C)CNC(=O)c1c(O)cccc1F. The first-order chi connectivity index (χ1) is 7.31. The molecule has 0 fully saturated rings. The summed E-state index contributed by atoms with van der Waals surface area (Å²) in [5.41, 5.74) is -0.386. The molecule has 0 aliphatic carbocycles. The smallest absolute Gasteiger partial charge is 0.258 e. The zero-order chi connectivity index (χ0) is 12.3. The van der Waals surface area contributed by atoms with E-state index in [1.165, 1.54) is 12.1 Å². The molecule has 4 heteroatoms. The van der Waals surface area contributed by atoms with Crippen LogP contribution in [0, 0.1) is 11.2 Å². The zero-order valence-corrected chi connectivity index (χ0v) is 9.67. The van der Waals surface area contributed by atoms with Gasteiger partial charge in [-0.05, 0) is 17.5 Å². The fourth-order valence-corrected chi connectivity index (χ4v) is 1.17. The Bertz CT molecular complexity index is 376. The Balaban J connectivity index is 2.81. The van der Waals surface area contributed by atoms with Crippen LogP contribution in [0.1, 0.15) is 31.1 Å². The fraction of sp³-hybridized carbons (Fsp3) is 0.417. The van der Waals surface area contributed by atoms with Crippen LogP contribution in [0.5, 0.6) is 5.75 Å². The van der Waals surface area contributed by atoms with Gasteiger partial charge >= 0.3 is 0 Å². The highest BCUT2D eigenvalue weighted by Crippen LogP contribution is 2.20. The van der Waals surface area contributed by atoms with Gasteiger partial charge in [0.25, 0.3) is 5.91 Å². The summed E-state index contributed by atoms with van der Waals surface area (Å²) in [4.78, 5) is 11.6. The van der Waals surface area contributed by atoms with Crippen molar-refractivity contribution < 1.29 is 14.3 Å². The van der Waals surface area contributed by atoms with E-state index < -0.39 is 11.7 Å². The minimum atomic E-state index is -0.716. The quantitative estimate of drug-likeness (QED) is 0.811. The molecule has 0 saturated heterocycles. The van der Waals surface area contributed by atoms with Gasteiger partial charge in [0.2, 0.25) is 0 Å². The highest BCUT2D eigenvalue weighted by molar-refractivity contribution is 5.97. The molecule has 0 saturated carbocycles. The van der Waals surface area contributed by atoms with Crippen LogP contribution in [-0.2, 0) is 0 Å². The third-order valence-electron chi connectivity index (χ3n) is 2.00. The number of carbonyl (C=O) groups excluding carboxylic acids is 1. The van der Waals surface area contributed by atoms with Gasteiger partial charge in [0, 0.05) is 6.54 Å². The van der Waals surface area contributed by atoms with Crippen LogP contribution in [0.2, 0.25) is 0 Å². The maximum absolute atomic E-state index is 13.3. The molecular formula is C12H16FNO2. The summed E-state index contributed by atoms with van der Waals surface area (Å²) < 4.78 is 13.3. The maximum atomic E-state index is 13.3. The molecule has 0 aliphatic heterocycles. The molecule has 16 heavy (non-hydrogen) atoms. The van der Waals surface area contributed by atoms with Gasteiger partial charge in [0.1, 0.15) is 17.1 Å². The molecule has 1 rings (SSSR count). The Hall–Kier alpha value is -1.58. The van der Waals surface area contributed by atoms with Crippen molar-refractivity contribution in [3.8, 4) is 5.75 Å². The van der Waals surface area contributed by atoms with Crippen LogP contribution in [-0.4, -0.2) is 17.6 Å². The predicted octanol–water partition coefficient (Wildman–Crippen LogP) is 2.31. The summed E-state index contributed by atoms with van der Waals surface area (Å²) >= 11 is 0. The monoisotopic (exact) mass is 225 g/mol. The van der Waals surface area contributed by atoms with Gasteiger partial charge in [-0.25, -0.2) is 4.39 Å². The van der Waals surface area contributed by atoms with Crippen LogP contribution >= 0.6 is 0 Å². The Kier molecular flexibility index (Phi) is 3.52. The Morgan fingerprint density at radius 2 is 2.06 bits per heavy atom. The lowest BCUT2D eigenvalue weighted by Gasteiger charge is -2.19. The zero-order valence-electron chi connectivity index (χ0n) is 9.67. The van der Waals surface area contributed by atoms with Gasteiger partial charge in [-0.2, -0.15) is 0 Å². The first-order valence-corrected chi connectivity index (χ1v) is 5.07. The van der Waals surface area contributed by atoms with E-state index in [1.54, 1.807) is 0 Å². The van der Waals surface area contributed by atoms with Crippen molar-refractivity contribution in [1.82, 2.24) is 5.32 Å². The molecule has 0 radical (unpaired) electrons. The van der Waals surface area contributed by atoms with Gasteiger partial charge in [-0.1, -0.05) is 26.8 Å². The van der Waals surface area contributed by atoms with Gasteiger partial charge in [0.05, 0.1) is 0 Å². The molecule has 0 aliphatic rings.